The first-order chi connectivity index (χ1) is 12.5. The van der Waals surface area contributed by atoms with E-state index in [2.05, 4.69) is 4.98 Å². The summed E-state index contributed by atoms with van der Waals surface area (Å²) >= 11 is 0. The van der Waals surface area contributed by atoms with Crippen molar-refractivity contribution in [3.05, 3.63) is 58.4 Å². The van der Waals surface area contributed by atoms with Gasteiger partial charge in [0, 0.05) is 25.9 Å². The Labute approximate surface area is 154 Å². The summed E-state index contributed by atoms with van der Waals surface area (Å²) in [5.74, 6) is -0.480. The van der Waals surface area contributed by atoms with Gasteiger partial charge in [-0.25, -0.2) is 4.79 Å². The van der Waals surface area contributed by atoms with E-state index in [4.69, 9.17) is 9.47 Å². The molecule has 1 N–H and O–H groups in total. The fourth-order valence-electron chi connectivity index (χ4n) is 2.88. The third kappa shape index (κ3) is 4.73. The SMILES string of the molecule is CCOC(=O)c1[nH]c(C)c(CN(Cc2ccccc2)C(=O)COC)c1C. The van der Waals surface area contributed by atoms with E-state index in [1.807, 2.05) is 44.2 Å². The number of aromatic amines is 1. The molecule has 0 aliphatic rings. The van der Waals surface area contributed by atoms with Crippen molar-refractivity contribution in [2.75, 3.05) is 20.3 Å². The second-order valence-corrected chi connectivity index (χ2v) is 6.12. The van der Waals surface area contributed by atoms with Crippen molar-refractivity contribution in [3.63, 3.8) is 0 Å². The van der Waals surface area contributed by atoms with Crippen molar-refractivity contribution in [2.45, 2.75) is 33.9 Å². The zero-order chi connectivity index (χ0) is 19.1. The van der Waals surface area contributed by atoms with Crippen LogP contribution >= 0.6 is 0 Å². The van der Waals surface area contributed by atoms with Gasteiger partial charge in [-0.2, -0.15) is 0 Å². The molecule has 0 radical (unpaired) electrons. The number of hydrogen-bond donors (Lipinski definition) is 1. The van der Waals surface area contributed by atoms with Crippen molar-refractivity contribution in [2.24, 2.45) is 0 Å². The number of H-pyrrole nitrogens is 1. The first-order valence-corrected chi connectivity index (χ1v) is 8.63. The fraction of sp³-hybridized carbons (Fsp3) is 0.400. The first-order valence-electron chi connectivity index (χ1n) is 8.63. The molecule has 0 atom stereocenters. The van der Waals surface area contributed by atoms with Crippen LogP contribution in [0.4, 0.5) is 0 Å². The van der Waals surface area contributed by atoms with Gasteiger partial charge in [-0.1, -0.05) is 30.3 Å². The molecule has 0 saturated heterocycles. The number of carbonyl (C=O) groups is 2. The van der Waals surface area contributed by atoms with Gasteiger partial charge in [0.05, 0.1) is 6.61 Å². The summed E-state index contributed by atoms with van der Waals surface area (Å²) in [6, 6.07) is 9.79. The molecule has 1 aromatic heterocycles. The standard InChI is InChI=1S/C20H26N2O4/c1-5-26-20(24)19-14(2)17(15(3)21-19)12-22(18(23)13-25-4)11-16-9-7-6-8-10-16/h6-10,21H,5,11-13H2,1-4H3. The minimum absolute atomic E-state index is 0.0140. The normalized spacial score (nSPS) is 10.6. The summed E-state index contributed by atoms with van der Waals surface area (Å²) in [6.45, 7) is 6.73. The minimum atomic E-state index is -0.378. The lowest BCUT2D eigenvalue weighted by molar-refractivity contribution is -0.136. The van der Waals surface area contributed by atoms with Crippen LogP contribution in [0.1, 0.15) is 39.8 Å². The van der Waals surface area contributed by atoms with E-state index >= 15 is 0 Å². The third-order valence-corrected chi connectivity index (χ3v) is 4.26. The molecule has 1 aromatic carbocycles. The van der Waals surface area contributed by atoms with Crippen molar-refractivity contribution in [1.29, 1.82) is 0 Å². The molecule has 2 aromatic rings. The van der Waals surface area contributed by atoms with Crippen molar-refractivity contribution in [1.82, 2.24) is 9.88 Å². The molecule has 26 heavy (non-hydrogen) atoms. The van der Waals surface area contributed by atoms with E-state index in [1.165, 1.54) is 7.11 Å². The topological polar surface area (TPSA) is 71.6 Å². The Bertz CT molecular complexity index is 753. The molecule has 1 heterocycles. The number of esters is 1. The molecule has 6 heteroatoms. The summed E-state index contributed by atoms with van der Waals surface area (Å²) in [5, 5.41) is 0. The molecular formula is C20H26N2O4. The Hall–Kier alpha value is -2.60. The number of nitrogens with one attached hydrogen (secondary N) is 1. The van der Waals surface area contributed by atoms with Gasteiger partial charge in [0.15, 0.2) is 0 Å². The van der Waals surface area contributed by atoms with Gasteiger partial charge in [0.25, 0.3) is 0 Å². The van der Waals surface area contributed by atoms with E-state index in [0.29, 0.717) is 25.4 Å². The maximum Gasteiger partial charge on any atom is 0.355 e. The molecule has 0 bridgehead atoms. The number of rotatable bonds is 8. The number of carbonyl (C=O) groups excluding carboxylic acids is 2. The number of hydrogen-bond acceptors (Lipinski definition) is 4. The Balaban J connectivity index is 2.27. The van der Waals surface area contributed by atoms with Crippen LogP contribution in [0, 0.1) is 13.8 Å². The molecule has 2 rings (SSSR count). The number of aryl methyl sites for hydroxylation is 1. The zero-order valence-electron chi connectivity index (χ0n) is 15.8. The Morgan fingerprint density at radius 1 is 1.12 bits per heavy atom. The largest absolute Gasteiger partial charge is 0.461 e. The van der Waals surface area contributed by atoms with Gasteiger partial charge in [-0.3, -0.25) is 4.79 Å². The molecular weight excluding hydrogens is 332 g/mol. The van der Waals surface area contributed by atoms with Gasteiger partial charge in [-0.05, 0) is 37.5 Å². The number of benzene rings is 1. The highest BCUT2D eigenvalue weighted by molar-refractivity contribution is 5.90. The maximum atomic E-state index is 12.5. The molecule has 6 nitrogen and oxygen atoms in total. The molecule has 0 fully saturated rings. The van der Waals surface area contributed by atoms with Crippen LogP contribution in [0.2, 0.25) is 0 Å². The number of amides is 1. The zero-order valence-corrected chi connectivity index (χ0v) is 15.8. The molecule has 0 unspecified atom stereocenters. The highest BCUT2D eigenvalue weighted by Crippen LogP contribution is 2.22. The number of nitrogens with zero attached hydrogens (tertiary/aromatic N) is 1. The lowest BCUT2D eigenvalue weighted by Gasteiger charge is -2.23. The van der Waals surface area contributed by atoms with Crippen LogP contribution in [0.15, 0.2) is 30.3 Å². The second kappa shape index (κ2) is 9.20. The van der Waals surface area contributed by atoms with Crippen LogP contribution in [-0.4, -0.2) is 42.1 Å². The van der Waals surface area contributed by atoms with Gasteiger partial charge >= 0.3 is 5.97 Å². The van der Waals surface area contributed by atoms with E-state index in [-0.39, 0.29) is 18.5 Å². The Kier molecular flexibility index (Phi) is 6.97. The molecule has 0 spiro atoms. The fourth-order valence-corrected chi connectivity index (χ4v) is 2.88. The average molecular weight is 358 g/mol. The predicted molar refractivity (Wildman–Crippen MR) is 98.8 cm³/mol. The number of aromatic nitrogens is 1. The van der Waals surface area contributed by atoms with Crippen LogP contribution in [0.25, 0.3) is 0 Å². The summed E-state index contributed by atoms with van der Waals surface area (Å²) in [7, 11) is 1.50. The lowest BCUT2D eigenvalue weighted by Crippen LogP contribution is -2.33. The smallest absolute Gasteiger partial charge is 0.355 e. The molecule has 0 aliphatic heterocycles. The second-order valence-electron chi connectivity index (χ2n) is 6.12. The summed E-state index contributed by atoms with van der Waals surface area (Å²) in [6.07, 6.45) is 0. The van der Waals surface area contributed by atoms with Gasteiger partial charge in [0.2, 0.25) is 5.91 Å². The van der Waals surface area contributed by atoms with E-state index in [0.717, 1.165) is 22.4 Å². The Morgan fingerprint density at radius 3 is 2.42 bits per heavy atom. The van der Waals surface area contributed by atoms with Crippen molar-refractivity contribution >= 4 is 11.9 Å². The summed E-state index contributed by atoms with van der Waals surface area (Å²) in [4.78, 5) is 29.4. The van der Waals surface area contributed by atoms with E-state index in [9.17, 15) is 9.59 Å². The predicted octanol–water partition coefficient (Wildman–Crippen LogP) is 2.98. The van der Waals surface area contributed by atoms with Crippen molar-refractivity contribution in [3.8, 4) is 0 Å². The molecule has 1 amide bonds. The van der Waals surface area contributed by atoms with E-state index in [1.54, 1.807) is 11.8 Å². The summed E-state index contributed by atoms with van der Waals surface area (Å²) < 4.78 is 10.1. The molecule has 0 aliphatic carbocycles. The van der Waals surface area contributed by atoms with Crippen LogP contribution in [-0.2, 0) is 27.4 Å². The number of ether oxygens (including phenoxy) is 2. The van der Waals surface area contributed by atoms with Gasteiger partial charge in [0.1, 0.15) is 12.3 Å². The van der Waals surface area contributed by atoms with Crippen LogP contribution in [0.5, 0.6) is 0 Å². The maximum absolute atomic E-state index is 12.5. The van der Waals surface area contributed by atoms with Crippen LogP contribution in [0.3, 0.4) is 0 Å². The quantitative estimate of drug-likeness (QED) is 0.737. The first kappa shape index (κ1) is 19.7. The van der Waals surface area contributed by atoms with Crippen molar-refractivity contribution < 1.29 is 19.1 Å². The average Bonchev–Trinajstić information content (AvgIpc) is 2.90. The third-order valence-electron chi connectivity index (χ3n) is 4.26. The lowest BCUT2D eigenvalue weighted by atomic mass is 10.1. The molecule has 140 valence electrons. The Morgan fingerprint density at radius 2 is 1.81 bits per heavy atom. The van der Waals surface area contributed by atoms with E-state index < -0.39 is 0 Å². The van der Waals surface area contributed by atoms with Gasteiger partial charge < -0.3 is 19.4 Å². The monoisotopic (exact) mass is 358 g/mol. The summed E-state index contributed by atoms with van der Waals surface area (Å²) in [5.41, 5.74) is 4.07. The number of methoxy groups -OCH3 is 1. The highest BCUT2D eigenvalue weighted by atomic mass is 16.5. The van der Waals surface area contributed by atoms with Gasteiger partial charge in [-0.15, -0.1) is 0 Å². The highest BCUT2D eigenvalue weighted by Gasteiger charge is 2.22. The van der Waals surface area contributed by atoms with Crippen LogP contribution < -0.4 is 0 Å². The minimum Gasteiger partial charge on any atom is -0.461 e. The molecule has 0 saturated carbocycles.